The second-order valence-electron chi connectivity index (χ2n) is 15.9. The summed E-state index contributed by atoms with van der Waals surface area (Å²) in [6, 6.07) is 77.6. The first kappa shape index (κ1) is 37.1. The highest BCUT2D eigenvalue weighted by Gasteiger charge is 2.23. The molecule has 4 aromatic heterocycles. The van der Waals surface area contributed by atoms with Crippen molar-refractivity contribution in [1.29, 1.82) is 0 Å². The van der Waals surface area contributed by atoms with Crippen molar-refractivity contribution in [1.82, 2.24) is 19.1 Å². The zero-order valence-electron chi connectivity index (χ0n) is 34.8. The lowest BCUT2D eigenvalue weighted by molar-refractivity contribution is 1.13. The molecule has 12 aromatic rings. The van der Waals surface area contributed by atoms with Crippen molar-refractivity contribution < 1.29 is 0 Å². The molecule has 0 N–H and O–H groups in total. The van der Waals surface area contributed by atoms with Crippen LogP contribution in [-0.4, -0.2) is 19.1 Å². The van der Waals surface area contributed by atoms with Gasteiger partial charge < -0.3 is 18.9 Å². The van der Waals surface area contributed by atoms with Crippen LogP contribution in [0.1, 0.15) is 0 Å². The van der Waals surface area contributed by atoms with Gasteiger partial charge in [-0.1, -0.05) is 109 Å². The predicted molar refractivity (Wildman–Crippen MR) is 266 cm³/mol. The quantitative estimate of drug-likeness (QED) is 0.145. The molecule has 0 radical (unpaired) electrons. The van der Waals surface area contributed by atoms with E-state index in [1.807, 2.05) is 24.8 Å². The molecule has 0 spiro atoms. The summed E-state index contributed by atoms with van der Waals surface area (Å²) in [7, 11) is 0. The van der Waals surface area contributed by atoms with Crippen LogP contribution in [0.4, 0.5) is 34.1 Å². The van der Waals surface area contributed by atoms with Gasteiger partial charge in [-0.05, 0) is 109 Å². The molecular formula is C58H40N6. The molecule has 8 aromatic carbocycles. The molecule has 0 atom stereocenters. The summed E-state index contributed by atoms with van der Waals surface area (Å²) >= 11 is 0. The lowest BCUT2D eigenvalue weighted by Crippen LogP contribution is -2.09. The Labute approximate surface area is 370 Å². The molecule has 12 rings (SSSR count). The molecular weight excluding hydrogens is 781 g/mol. The molecule has 0 amide bonds. The van der Waals surface area contributed by atoms with Crippen molar-refractivity contribution in [3.05, 3.63) is 243 Å². The summed E-state index contributed by atoms with van der Waals surface area (Å²) in [5, 5.41) is 4.68. The second-order valence-corrected chi connectivity index (χ2v) is 15.9. The van der Waals surface area contributed by atoms with Crippen molar-refractivity contribution in [2.75, 3.05) is 9.80 Å². The molecule has 0 saturated heterocycles. The van der Waals surface area contributed by atoms with E-state index < -0.39 is 0 Å². The van der Waals surface area contributed by atoms with Gasteiger partial charge in [0.15, 0.2) is 0 Å². The van der Waals surface area contributed by atoms with Crippen molar-refractivity contribution in [3.63, 3.8) is 0 Å². The van der Waals surface area contributed by atoms with Gasteiger partial charge in [0.25, 0.3) is 0 Å². The zero-order valence-corrected chi connectivity index (χ0v) is 34.8. The first-order valence-electron chi connectivity index (χ1n) is 21.6. The molecule has 0 fully saturated rings. The summed E-state index contributed by atoms with van der Waals surface area (Å²) < 4.78 is 4.77. The Morgan fingerprint density at radius 3 is 0.984 bits per heavy atom. The van der Waals surface area contributed by atoms with Crippen LogP contribution in [0.2, 0.25) is 0 Å². The largest absolute Gasteiger partial charge is 0.310 e. The Bertz CT molecular complexity index is 3300. The Hall–Kier alpha value is -8.74. The lowest BCUT2D eigenvalue weighted by atomic mass is 10.1. The van der Waals surface area contributed by atoms with E-state index in [-0.39, 0.29) is 0 Å². The maximum absolute atomic E-state index is 4.77. The summed E-state index contributed by atoms with van der Waals surface area (Å²) in [6.45, 7) is 0. The SMILES string of the molecule is c1ccc(N(c2ccccc2)c2ccc3c(c2)c2ccccc2n3-c2ccncc2-c2cnccc2-n2c3ccccc3c3cc(N(c4ccccc4)c4ccccc4)ccc32)cc1. The van der Waals surface area contributed by atoms with Gasteiger partial charge in [0, 0.05) is 91.6 Å². The van der Waals surface area contributed by atoms with Crippen LogP contribution in [0, 0.1) is 0 Å². The van der Waals surface area contributed by atoms with Crippen molar-refractivity contribution in [3.8, 4) is 22.5 Å². The predicted octanol–water partition coefficient (Wildman–Crippen LogP) is 15.3. The van der Waals surface area contributed by atoms with E-state index in [1.165, 1.54) is 10.8 Å². The van der Waals surface area contributed by atoms with Gasteiger partial charge in [0.2, 0.25) is 0 Å². The number of para-hydroxylation sites is 6. The van der Waals surface area contributed by atoms with Crippen LogP contribution in [0.3, 0.4) is 0 Å². The first-order valence-corrected chi connectivity index (χ1v) is 21.6. The number of hydrogen-bond donors (Lipinski definition) is 0. The molecule has 6 nitrogen and oxygen atoms in total. The standard InChI is InChI=1S/C58H40N6/c1-5-17-41(18-6-1)61(42-19-7-2-8-20-42)45-29-31-55-49(37-45)47-25-13-15-27-53(47)63(55)57-33-35-59-39-51(57)52-40-60-36-34-58(52)64-54-28-16-14-26-48(54)50-38-46(30-32-56(50)64)62(43-21-9-3-10-22-43)44-23-11-4-12-24-44/h1-40H. The van der Waals surface area contributed by atoms with E-state index in [1.54, 1.807) is 0 Å². The van der Waals surface area contributed by atoms with Crippen LogP contribution in [0.25, 0.3) is 66.1 Å². The van der Waals surface area contributed by atoms with Crippen LogP contribution < -0.4 is 9.80 Å². The number of hydrogen-bond acceptors (Lipinski definition) is 4. The molecule has 0 aliphatic heterocycles. The summed E-state index contributed by atoms with van der Waals surface area (Å²) in [4.78, 5) is 14.2. The number of aromatic nitrogens is 4. The Balaban J connectivity index is 1.04. The number of anilines is 6. The second kappa shape index (κ2) is 15.6. The van der Waals surface area contributed by atoms with E-state index in [2.05, 4.69) is 237 Å². The molecule has 0 saturated carbocycles. The number of rotatable bonds is 9. The van der Waals surface area contributed by atoms with Crippen LogP contribution in [0.5, 0.6) is 0 Å². The third-order valence-corrected chi connectivity index (χ3v) is 12.3. The maximum Gasteiger partial charge on any atom is 0.0572 e. The molecule has 0 aliphatic rings. The highest BCUT2D eigenvalue weighted by atomic mass is 15.1. The first-order chi connectivity index (χ1) is 31.8. The lowest BCUT2D eigenvalue weighted by Gasteiger charge is -2.25. The fourth-order valence-electron chi connectivity index (χ4n) is 9.50. The number of pyridine rings is 2. The van der Waals surface area contributed by atoms with E-state index in [9.17, 15) is 0 Å². The Morgan fingerprint density at radius 1 is 0.281 bits per heavy atom. The normalized spacial score (nSPS) is 11.4. The summed E-state index contributed by atoms with van der Waals surface area (Å²) in [5.41, 5.74) is 15.0. The molecule has 0 unspecified atom stereocenters. The van der Waals surface area contributed by atoms with Crippen LogP contribution >= 0.6 is 0 Å². The maximum atomic E-state index is 4.77. The van der Waals surface area contributed by atoms with Crippen molar-refractivity contribution in [2.45, 2.75) is 0 Å². The fraction of sp³-hybridized carbons (Fsp3) is 0. The minimum atomic E-state index is 0.981. The van der Waals surface area contributed by atoms with E-state index in [4.69, 9.17) is 9.97 Å². The van der Waals surface area contributed by atoms with Crippen molar-refractivity contribution in [2.24, 2.45) is 0 Å². The molecule has 4 heterocycles. The fourth-order valence-corrected chi connectivity index (χ4v) is 9.50. The van der Waals surface area contributed by atoms with E-state index >= 15 is 0 Å². The molecule has 0 bridgehead atoms. The third-order valence-electron chi connectivity index (χ3n) is 12.3. The number of nitrogens with zero attached hydrogens (tertiary/aromatic N) is 6. The molecule has 6 heteroatoms. The highest BCUT2D eigenvalue weighted by molar-refractivity contribution is 6.13. The molecule has 0 aliphatic carbocycles. The Morgan fingerprint density at radius 2 is 0.609 bits per heavy atom. The van der Waals surface area contributed by atoms with Gasteiger partial charge in [-0.25, -0.2) is 0 Å². The average molecular weight is 821 g/mol. The van der Waals surface area contributed by atoms with Crippen molar-refractivity contribution >= 4 is 77.7 Å². The minimum Gasteiger partial charge on any atom is -0.310 e. The average Bonchev–Trinajstić information content (AvgIpc) is 3.88. The molecule has 302 valence electrons. The van der Waals surface area contributed by atoms with Crippen LogP contribution in [0.15, 0.2) is 243 Å². The summed E-state index contributed by atoms with van der Waals surface area (Å²) in [5.74, 6) is 0. The summed E-state index contributed by atoms with van der Waals surface area (Å²) in [6.07, 6.45) is 7.76. The van der Waals surface area contributed by atoms with Gasteiger partial charge >= 0.3 is 0 Å². The number of benzene rings is 8. The van der Waals surface area contributed by atoms with Gasteiger partial charge in [0.1, 0.15) is 0 Å². The number of fused-ring (bicyclic) bond motifs is 6. The highest BCUT2D eigenvalue weighted by Crippen LogP contribution is 2.44. The monoisotopic (exact) mass is 820 g/mol. The van der Waals surface area contributed by atoms with Gasteiger partial charge in [-0.3, -0.25) is 9.97 Å². The minimum absolute atomic E-state index is 0.981. The van der Waals surface area contributed by atoms with Gasteiger partial charge in [-0.15, -0.1) is 0 Å². The smallest absolute Gasteiger partial charge is 0.0572 e. The van der Waals surface area contributed by atoms with Gasteiger partial charge in [-0.2, -0.15) is 0 Å². The van der Waals surface area contributed by atoms with Crippen LogP contribution in [-0.2, 0) is 0 Å². The molecule has 64 heavy (non-hydrogen) atoms. The van der Waals surface area contributed by atoms with Gasteiger partial charge in [0.05, 0.1) is 33.4 Å². The topological polar surface area (TPSA) is 42.1 Å². The van der Waals surface area contributed by atoms with E-state index in [0.717, 1.165) is 89.5 Å². The van der Waals surface area contributed by atoms with E-state index in [0.29, 0.717) is 0 Å². The Kier molecular flexibility index (Phi) is 9.05. The zero-order chi connectivity index (χ0) is 42.4. The third kappa shape index (κ3) is 6.19.